The highest BCUT2D eigenvalue weighted by Gasteiger charge is 2.06. The van der Waals surface area contributed by atoms with Crippen molar-refractivity contribution in [3.8, 4) is 0 Å². The monoisotopic (exact) mass is 383 g/mol. The van der Waals surface area contributed by atoms with Crippen LogP contribution in [0.5, 0.6) is 0 Å². The summed E-state index contributed by atoms with van der Waals surface area (Å²) in [4.78, 5) is 4.49. The molecule has 1 aromatic heterocycles. The second kappa shape index (κ2) is 6.97. The van der Waals surface area contributed by atoms with Gasteiger partial charge in [0.25, 0.3) is 0 Å². The summed E-state index contributed by atoms with van der Waals surface area (Å²) in [6.45, 7) is 6.14. The first kappa shape index (κ1) is 16.4. The highest BCUT2D eigenvalue weighted by molar-refractivity contribution is 9.10. The largest absolute Gasteiger partial charge is 0.339 e. The molecule has 0 amide bonds. The van der Waals surface area contributed by atoms with Crippen LogP contribution in [0.2, 0.25) is 0 Å². The van der Waals surface area contributed by atoms with Gasteiger partial charge in [-0.2, -0.15) is 10.1 Å². The summed E-state index contributed by atoms with van der Waals surface area (Å²) < 4.78 is 1.04. The van der Waals surface area contributed by atoms with E-state index in [4.69, 9.17) is 0 Å². The van der Waals surface area contributed by atoms with Crippen LogP contribution in [0, 0.1) is 20.8 Å². The number of benzene rings is 2. The van der Waals surface area contributed by atoms with Crippen molar-refractivity contribution in [1.29, 1.82) is 0 Å². The van der Waals surface area contributed by atoms with Crippen molar-refractivity contribution in [2.24, 2.45) is 0 Å². The minimum Gasteiger partial charge on any atom is -0.339 e. The van der Waals surface area contributed by atoms with Gasteiger partial charge in [-0.25, -0.2) is 0 Å². The average Bonchev–Trinajstić information content (AvgIpc) is 2.54. The van der Waals surface area contributed by atoms with Crippen LogP contribution in [0.3, 0.4) is 0 Å². The highest BCUT2D eigenvalue weighted by atomic mass is 79.9. The lowest BCUT2D eigenvalue weighted by Crippen LogP contribution is -2.04. The molecule has 0 aliphatic carbocycles. The Morgan fingerprint density at radius 3 is 2.50 bits per heavy atom. The van der Waals surface area contributed by atoms with Gasteiger partial charge in [-0.1, -0.05) is 28.1 Å². The first-order valence-electron chi connectivity index (χ1n) is 7.58. The van der Waals surface area contributed by atoms with Gasteiger partial charge in [-0.3, -0.25) is 0 Å². The summed E-state index contributed by atoms with van der Waals surface area (Å²) in [7, 11) is 0. The molecule has 0 aliphatic heterocycles. The maximum atomic E-state index is 4.49. The SMILES string of the molecule is Cc1ccc(C)c(Nc2cnnc(Nc3ccc(Br)cc3C)n2)c1. The molecule has 0 atom stereocenters. The molecule has 0 saturated heterocycles. The summed E-state index contributed by atoms with van der Waals surface area (Å²) in [5, 5.41) is 14.6. The van der Waals surface area contributed by atoms with Crippen molar-refractivity contribution >= 4 is 39.1 Å². The quantitative estimate of drug-likeness (QED) is 0.659. The number of hydrogen-bond donors (Lipinski definition) is 2. The number of aryl methyl sites for hydroxylation is 3. The normalized spacial score (nSPS) is 10.5. The van der Waals surface area contributed by atoms with Gasteiger partial charge in [-0.05, 0) is 61.7 Å². The number of rotatable bonds is 4. The Kier molecular flexibility index (Phi) is 4.76. The molecule has 0 fully saturated rings. The predicted octanol–water partition coefficient (Wildman–Crippen LogP) is 5.05. The topological polar surface area (TPSA) is 62.7 Å². The Hall–Kier alpha value is -2.47. The molecule has 3 aromatic rings. The van der Waals surface area contributed by atoms with E-state index < -0.39 is 0 Å². The van der Waals surface area contributed by atoms with Crippen LogP contribution in [-0.4, -0.2) is 15.2 Å². The molecular weight excluding hydrogens is 366 g/mol. The van der Waals surface area contributed by atoms with Gasteiger partial charge in [0.2, 0.25) is 5.95 Å². The molecule has 2 aromatic carbocycles. The number of nitrogens with zero attached hydrogens (tertiary/aromatic N) is 3. The Balaban J connectivity index is 1.82. The molecule has 0 unspecified atom stereocenters. The van der Waals surface area contributed by atoms with Crippen molar-refractivity contribution in [2.45, 2.75) is 20.8 Å². The predicted molar refractivity (Wildman–Crippen MR) is 101 cm³/mol. The fourth-order valence-corrected chi connectivity index (χ4v) is 2.79. The van der Waals surface area contributed by atoms with Gasteiger partial charge in [0, 0.05) is 15.8 Å². The summed E-state index contributed by atoms with van der Waals surface area (Å²) in [6.07, 6.45) is 1.61. The zero-order valence-corrected chi connectivity index (χ0v) is 15.3. The molecule has 0 bridgehead atoms. The minimum absolute atomic E-state index is 0.454. The first-order valence-corrected chi connectivity index (χ1v) is 8.38. The second-order valence-electron chi connectivity index (χ2n) is 5.69. The molecule has 0 radical (unpaired) electrons. The highest BCUT2D eigenvalue weighted by Crippen LogP contribution is 2.24. The van der Waals surface area contributed by atoms with Gasteiger partial charge in [0.05, 0.1) is 6.20 Å². The van der Waals surface area contributed by atoms with E-state index in [2.05, 4.69) is 73.8 Å². The van der Waals surface area contributed by atoms with Crippen LogP contribution >= 0.6 is 15.9 Å². The Morgan fingerprint density at radius 1 is 0.875 bits per heavy atom. The van der Waals surface area contributed by atoms with Crippen LogP contribution in [0.25, 0.3) is 0 Å². The molecule has 0 aliphatic rings. The van der Waals surface area contributed by atoms with Crippen LogP contribution in [0.1, 0.15) is 16.7 Å². The van der Waals surface area contributed by atoms with Crippen molar-refractivity contribution in [3.05, 3.63) is 63.8 Å². The fourth-order valence-electron chi connectivity index (χ4n) is 2.31. The maximum Gasteiger partial charge on any atom is 0.249 e. The summed E-state index contributed by atoms with van der Waals surface area (Å²) in [6, 6.07) is 12.2. The molecule has 1 heterocycles. The maximum absolute atomic E-state index is 4.49. The summed E-state index contributed by atoms with van der Waals surface area (Å²) >= 11 is 3.46. The van der Waals surface area contributed by atoms with Crippen molar-refractivity contribution in [3.63, 3.8) is 0 Å². The van der Waals surface area contributed by atoms with E-state index in [0.717, 1.165) is 27.0 Å². The van der Waals surface area contributed by atoms with E-state index in [1.54, 1.807) is 6.20 Å². The molecule has 122 valence electrons. The smallest absolute Gasteiger partial charge is 0.249 e. The molecule has 2 N–H and O–H groups in total. The molecular formula is C18H18BrN5. The number of anilines is 4. The summed E-state index contributed by atoms with van der Waals surface area (Å²) in [5.74, 6) is 1.10. The van der Waals surface area contributed by atoms with Gasteiger partial charge < -0.3 is 10.6 Å². The van der Waals surface area contributed by atoms with Crippen molar-refractivity contribution in [1.82, 2.24) is 15.2 Å². The van der Waals surface area contributed by atoms with E-state index in [1.165, 1.54) is 5.56 Å². The molecule has 24 heavy (non-hydrogen) atoms. The van der Waals surface area contributed by atoms with Crippen LogP contribution in [-0.2, 0) is 0 Å². The van der Waals surface area contributed by atoms with E-state index in [0.29, 0.717) is 11.8 Å². The molecule has 5 nitrogen and oxygen atoms in total. The number of nitrogens with one attached hydrogen (secondary N) is 2. The van der Waals surface area contributed by atoms with Crippen molar-refractivity contribution in [2.75, 3.05) is 10.6 Å². The van der Waals surface area contributed by atoms with Crippen LogP contribution < -0.4 is 10.6 Å². The van der Waals surface area contributed by atoms with Crippen LogP contribution in [0.4, 0.5) is 23.1 Å². The lowest BCUT2D eigenvalue weighted by atomic mass is 10.1. The molecule has 0 spiro atoms. The van der Waals surface area contributed by atoms with Gasteiger partial charge in [0.15, 0.2) is 5.82 Å². The minimum atomic E-state index is 0.454. The third-order valence-electron chi connectivity index (χ3n) is 3.65. The lowest BCUT2D eigenvalue weighted by molar-refractivity contribution is 0.981. The van der Waals surface area contributed by atoms with E-state index in [1.807, 2.05) is 25.1 Å². The molecule has 0 saturated carbocycles. The zero-order valence-electron chi connectivity index (χ0n) is 13.8. The Labute approximate surface area is 149 Å². The van der Waals surface area contributed by atoms with Gasteiger partial charge >= 0.3 is 0 Å². The molecule has 6 heteroatoms. The van der Waals surface area contributed by atoms with Crippen molar-refractivity contribution < 1.29 is 0 Å². The number of hydrogen-bond acceptors (Lipinski definition) is 5. The van der Waals surface area contributed by atoms with Crippen LogP contribution in [0.15, 0.2) is 47.1 Å². The fraction of sp³-hybridized carbons (Fsp3) is 0.167. The Bertz CT molecular complexity index is 879. The summed E-state index contributed by atoms with van der Waals surface area (Å²) in [5.41, 5.74) is 5.40. The lowest BCUT2D eigenvalue weighted by Gasteiger charge is -2.11. The molecule has 3 rings (SSSR count). The Morgan fingerprint density at radius 2 is 1.71 bits per heavy atom. The number of aromatic nitrogens is 3. The van der Waals surface area contributed by atoms with E-state index >= 15 is 0 Å². The first-order chi connectivity index (χ1) is 11.5. The van der Waals surface area contributed by atoms with Gasteiger partial charge in [0.1, 0.15) is 0 Å². The van der Waals surface area contributed by atoms with E-state index in [9.17, 15) is 0 Å². The average molecular weight is 384 g/mol. The number of halogens is 1. The third-order valence-corrected chi connectivity index (χ3v) is 4.14. The standard InChI is InChI=1S/C18H18BrN5/c1-11-4-5-12(2)16(8-11)21-17-10-20-24-18(23-17)22-15-7-6-14(19)9-13(15)3/h4-10H,1-3H3,(H2,21,22,23,24). The second-order valence-corrected chi connectivity index (χ2v) is 6.61. The van der Waals surface area contributed by atoms with Gasteiger partial charge in [-0.15, -0.1) is 5.10 Å². The third kappa shape index (κ3) is 3.89. The zero-order chi connectivity index (χ0) is 17.1. The van der Waals surface area contributed by atoms with E-state index in [-0.39, 0.29) is 0 Å².